The van der Waals surface area contributed by atoms with Crippen LogP contribution in [-0.2, 0) is 16.0 Å². The van der Waals surface area contributed by atoms with Crippen molar-refractivity contribution in [2.75, 3.05) is 19.9 Å². The van der Waals surface area contributed by atoms with Gasteiger partial charge in [0, 0.05) is 12.3 Å². The molecule has 0 spiro atoms. The lowest BCUT2D eigenvalue weighted by Gasteiger charge is -2.05. The highest BCUT2D eigenvalue weighted by Crippen LogP contribution is 2.32. The van der Waals surface area contributed by atoms with Gasteiger partial charge in [-0.1, -0.05) is 13.0 Å². The zero-order valence-electron chi connectivity index (χ0n) is 12.6. The highest BCUT2D eigenvalue weighted by Gasteiger charge is 2.13. The van der Waals surface area contributed by atoms with Crippen LogP contribution in [-0.4, -0.2) is 31.6 Å². The van der Waals surface area contributed by atoms with Gasteiger partial charge in [-0.05, 0) is 37.5 Å². The summed E-state index contributed by atoms with van der Waals surface area (Å²) in [6, 6.07) is 5.91. The molecule has 0 saturated carbocycles. The predicted molar refractivity (Wildman–Crippen MR) is 80.1 cm³/mol. The fourth-order valence-electron chi connectivity index (χ4n) is 2.11. The van der Waals surface area contributed by atoms with E-state index >= 15 is 0 Å². The van der Waals surface area contributed by atoms with E-state index < -0.39 is 0 Å². The Kier molecular flexibility index (Phi) is 5.60. The van der Waals surface area contributed by atoms with Crippen molar-refractivity contribution >= 4 is 11.7 Å². The Bertz CT molecular complexity index is 525. The first-order valence-corrected chi connectivity index (χ1v) is 7.29. The molecule has 0 atom stereocenters. The first-order chi connectivity index (χ1) is 10.2. The molecule has 114 valence electrons. The normalized spacial score (nSPS) is 13.3. The van der Waals surface area contributed by atoms with Gasteiger partial charge in [0.2, 0.25) is 6.79 Å². The second-order valence-electron chi connectivity index (χ2n) is 4.72. The number of rotatable bonds is 7. The third-order valence-electron chi connectivity index (χ3n) is 3.23. The molecule has 0 amide bonds. The number of hydrogen-bond acceptors (Lipinski definition) is 5. The summed E-state index contributed by atoms with van der Waals surface area (Å²) in [5, 5.41) is 0. The lowest BCUT2D eigenvalue weighted by molar-refractivity contribution is -0.141. The van der Waals surface area contributed by atoms with Crippen LogP contribution in [0.15, 0.2) is 23.2 Å². The van der Waals surface area contributed by atoms with Gasteiger partial charge in [-0.3, -0.25) is 9.79 Å². The summed E-state index contributed by atoms with van der Waals surface area (Å²) in [4.78, 5) is 15.9. The fourth-order valence-corrected chi connectivity index (χ4v) is 2.11. The molecule has 0 saturated heterocycles. The van der Waals surface area contributed by atoms with Crippen molar-refractivity contribution in [2.45, 2.75) is 33.1 Å². The summed E-state index contributed by atoms with van der Waals surface area (Å²) >= 11 is 0. The van der Waals surface area contributed by atoms with Gasteiger partial charge >= 0.3 is 5.97 Å². The molecule has 21 heavy (non-hydrogen) atoms. The van der Waals surface area contributed by atoms with Crippen molar-refractivity contribution in [3.63, 3.8) is 0 Å². The summed E-state index contributed by atoms with van der Waals surface area (Å²) in [5.41, 5.74) is 2.03. The van der Waals surface area contributed by atoms with Crippen molar-refractivity contribution in [2.24, 2.45) is 4.99 Å². The second-order valence-corrected chi connectivity index (χ2v) is 4.72. The number of benzene rings is 1. The van der Waals surface area contributed by atoms with E-state index in [9.17, 15) is 4.79 Å². The minimum absolute atomic E-state index is 0.207. The summed E-state index contributed by atoms with van der Waals surface area (Å²) < 4.78 is 15.6. The third-order valence-corrected chi connectivity index (χ3v) is 3.23. The molecule has 5 nitrogen and oxygen atoms in total. The molecule has 2 rings (SSSR count). The quantitative estimate of drug-likeness (QED) is 0.572. The van der Waals surface area contributed by atoms with Crippen molar-refractivity contribution in [1.29, 1.82) is 0 Å². The maximum Gasteiger partial charge on any atom is 0.311 e. The van der Waals surface area contributed by atoms with Gasteiger partial charge in [0.15, 0.2) is 11.5 Å². The van der Waals surface area contributed by atoms with E-state index in [-0.39, 0.29) is 19.2 Å². The number of carbonyl (C=O) groups is 1. The number of hydrogen-bond donors (Lipinski definition) is 0. The highest BCUT2D eigenvalue weighted by molar-refractivity contribution is 5.98. The molecule has 0 fully saturated rings. The van der Waals surface area contributed by atoms with Crippen LogP contribution in [0.2, 0.25) is 0 Å². The molecule has 1 heterocycles. The first kappa shape index (κ1) is 15.4. The predicted octanol–water partition coefficient (Wildman–Crippen LogP) is 2.76. The number of ether oxygens (including phenoxy) is 3. The Morgan fingerprint density at radius 3 is 2.86 bits per heavy atom. The van der Waals surface area contributed by atoms with Crippen LogP contribution in [0.25, 0.3) is 0 Å². The maximum atomic E-state index is 11.4. The fraction of sp³-hybridized carbons (Fsp3) is 0.500. The molecule has 0 unspecified atom stereocenters. The van der Waals surface area contributed by atoms with Crippen molar-refractivity contribution in [3.8, 4) is 11.5 Å². The molecule has 1 aromatic carbocycles. The Balaban J connectivity index is 1.86. The van der Waals surface area contributed by atoms with E-state index in [2.05, 4.69) is 4.99 Å². The van der Waals surface area contributed by atoms with Crippen molar-refractivity contribution in [1.82, 2.24) is 0 Å². The largest absolute Gasteiger partial charge is 0.466 e. The van der Waals surface area contributed by atoms with Gasteiger partial charge in [0.05, 0.1) is 13.0 Å². The van der Waals surface area contributed by atoms with Gasteiger partial charge in [-0.2, -0.15) is 0 Å². The molecular weight excluding hydrogens is 270 g/mol. The summed E-state index contributed by atoms with van der Waals surface area (Å²) in [5.74, 6) is 1.37. The van der Waals surface area contributed by atoms with E-state index in [1.807, 2.05) is 25.1 Å². The van der Waals surface area contributed by atoms with E-state index in [1.54, 1.807) is 6.92 Å². The van der Waals surface area contributed by atoms with Crippen LogP contribution in [0.3, 0.4) is 0 Å². The number of esters is 1. The molecular formula is C16H21NO4. The lowest BCUT2D eigenvalue weighted by Crippen LogP contribution is -2.11. The molecule has 1 aliphatic rings. The molecule has 0 aromatic heterocycles. The molecule has 5 heteroatoms. The van der Waals surface area contributed by atoms with Gasteiger partial charge in [0.1, 0.15) is 0 Å². The van der Waals surface area contributed by atoms with Crippen LogP contribution in [0.4, 0.5) is 0 Å². The standard InChI is InChI=1S/C16H21NO4/c1-3-13(10-16(18)19-4-2)17-8-7-12-5-6-14-15(9-12)21-11-20-14/h5-6,9H,3-4,7-8,10-11H2,1-2H3. The molecule has 0 aliphatic carbocycles. The molecule has 0 radical (unpaired) electrons. The van der Waals surface area contributed by atoms with Crippen molar-refractivity contribution in [3.05, 3.63) is 23.8 Å². The molecule has 1 aromatic rings. The maximum absolute atomic E-state index is 11.4. The second kappa shape index (κ2) is 7.67. The van der Waals surface area contributed by atoms with E-state index in [0.29, 0.717) is 13.2 Å². The lowest BCUT2D eigenvalue weighted by atomic mass is 10.1. The summed E-state index contributed by atoms with van der Waals surface area (Å²) in [6.07, 6.45) is 1.86. The van der Waals surface area contributed by atoms with E-state index in [0.717, 1.165) is 35.6 Å². The average molecular weight is 291 g/mol. The number of carbonyl (C=O) groups excluding carboxylic acids is 1. The Labute approximate surface area is 124 Å². The monoisotopic (exact) mass is 291 g/mol. The third kappa shape index (κ3) is 4.48. The number of fused-ring (bicyclic) bond motifs is 1. The smallest absolute Gasteiger partial charge is 0.311 e. The van der Waals surface area contributed by atoms with E-state index in [1.165, 1.54) is 0 Å². The average Bonchev–Trinajstić information content (AvgIpc) is 2.94. The molecule has 1 aliphatic heterocycles. The van der Waals surface area contributed by atoms with Crippen molar-refractivity contribution < 1.29 is 19.0 Å². The first-order valence-electron chi connectivity index (χ1n) is 7.29. The van der Waals surface area contributed by atoms with Crippen LogP contribution >= 0.6 is 0 Å². The Hall–Kier alpha value is -2.04. The molecule has 0 bridgehead atoms. The minimum atomic E-state index is -0.207. The van der Waals surface area contributed by atoms with Crippen LogP contribution in [0.5, 0.6) is 11.5 Å². The number of nitrogens with zero attached hydrogens (tertiary/aromatic N) is 1. The zero-order valence-corrected chi connectivity index (χ0v) is 12.6. The summed E-state index contributed by atoms with van der Waals surface area (Å²) in [6.45, 7) is 5.16. The van der Waals surface area contributed by atoms with Gasteiger partial charge in [-0.15, -0.1) is 0 Å². The Morgan fingerprint density at radius 1 is 1.29 bits per heavy atom. The van der Waals surface area contributed by atoms with Gasteiger partial charge in [0.25, 0.3) is 0 Å². The minimum Gasteiger partial charge on any atom is -0.466 e. The number of aliphatic imine (C=N–C) groups is 1. The van der Waals surface area contributed by atoms with Crippen LogP contribution in [0, 0.1) is 0 Å². The zero-order chi connectivity index (χ0) is 15.1. The SMILES string of the molecule is CCOC(=O)CC(CC)=NCCc1ccc2c(c1)OCO2. The van der Waals surface area contributed by atoms with Gasteiger partial charge < -0.3 is 14.2 Å². The molecule has 0 N–H and O–H groups in total. The highest BCUT2D eigenvalue weighted by atomic mass is 16.7. The van der Waals surface area contributed by atoms with Crippen LogP contribution in [0.1, 0.15) is 32.3 Å². The van der Waals surface area contributed by atoms with Crippen LogP contribution < -0.4 is 9.47 Å². The van der Waals surface area contributed by atoms with Gasteiger partial charge in [-0.25, -0.2) is 0 Å². The Morgan fingerprint density at radius 2 is 2.10 bits per heavy atom. The van der Waals surface area contributed by atoms with E-state index in [4.69, 9.17) is 14.2 Å². The summed E-state index contributed by atoms with van der Waals surface area (Å²) in [7, 11) is 0. The topological polar surface area (TPSA) is 57.1 Å².